The van der Waals surface area contributed by atoms with E-state index in [1.807, 2.05) is 0 Å². The molecule has 5 heteroatoms. The second-order valence-corrected chi connectivity index (χ2v) is 3.40. The van der Waals surface area contributed by atoms with Crippen LogP contribution in [0.5, 0.6) is 5.75 Å². The zero-order valence-electron chi connectivity index (χ0n) is 9.07. The lowest BCUT2D eigenvalue weighted by atomic mass is 10.1. The largest absolute Gasteiger partial charge is 0.491 e. The summed E-state index contributed by atoms with van der Waals surface area (Å²) < 4.78 is 19.6. The Labute approximate surface area is 92.4 Å². The molecule has 0 fully saturated rings. The van der Waals surface area contributed by atoms with E-state index in [2.05, 4.69) is 5.10 Å². The second kappa shape index (κ2) is 3.84. The average Bonchev–Trinajstić information content (AvgIpc) is 2.54. The Balaban J connectivity index is 2.59. The molecule has 84 valence electrons. The zero-order valence-corrected chi connectivity index (χ0v) is 9.07. The molecular weight excluding hydrogens is 209 g/mol. The quantitative estimate of drug-likeness (QED) is 0.841. The van der Waals surface area contributed by atoms with E-state index in [9.17, 15) is 4.39 Å². The summed E-state index contributed by atoms with van der Waals surface area (Å²) in [6, 6.07) is 6.10. The number of halogens is 1. The Hall–Kier alpha value is -2.04. The predicted molar refractivity (Wildman–Crippen MR) is 59.6 cm³/mol. The monoisotopic (exact) mass is 221 g/mol. The molecule has 4 nitrogen and oxygen atoms in total. The first kappa shape index (κ1) is 10.5. The third kappa shape index (κ3) is 1.60. The number of aryl methyl sites for hydroxylation is 1. The lowest BCUT2D eigenvalue weighted by Crippen LogP contribution is -1.95. The first-order valence-corrected chi connectivity index (χ1v) is 4.76. The third-order valence-electron chi connectivity index (χ3n) is 2.35. The molecule has 2 N–H and O–H groups in total. The van der Waals surface area contributed by atoms with Crippen LogP contribution in [0.2, 0.25) is 0 Å². The molecule has 0 aliphatic rings. The zero-order chi connectivity index (χ0) is 11.7. The number of benzene rings is 1. The Morgan fingerprint density at radius 1 is 1.31 bits per heavy atom. The van der Waals surface area contributed by atoms with Gasteiger partial charge in [0.1, 0.15) is 11.5 Å². The highest BCUT2D eigenvalue weighted by Crippen LogP contribution is 2.33. The van der Waals surface area contributed by atoms with Crippen LogP contribution >= 0.6 is 0 Å². The molecule has 0 amide bonds. The van der Waals surface area contributed by atoms with Gasteiger partial charge in [-0.15, -0.1) is 0 Å². The van der Waals surface area contributed by atoms with Gasteiger partial charge >= 0.3 is 0 Å². The van der Waals surface area contributed by atoms with Crippen LogP contribution in [0.3, 0.4) is 0 Å². The van der Waals surface area contributed by atoms with E-state index in [0.717, 1.165) is 11.3 Å². The molecule has 0 radical (unpaired) electrons. The summed E-state index contributed by atoms with van der Waals surface area (Å²) in [5, 5.41) is 4.06. The van der Waals surface area contributed by atoms with E-state index in [1.165, 1.54) is 19.2 Å². The molecule has 16 heavy (non-hydrogen) atoms. The van der Waals surface area contributed by atoms with Gasteiger partial charge in [-0.2, -0.15) is 5.10 Å². The van der Waals surface area contributed by atoms with E-state index in [4.69, 9.17) is 10.5 Å². The highest BCUT2D eigenvalue weighted by molar-refractivity contribution is 5.72. The van der Waals surface area contributed by atoms with Crippen molar-refractivity contribution in [1.82, 2.24) is 9.78 Å². The van der Waals surface area contributed by atoms with Crippen molar-refractivity contribution in [2.75, 3.05) is 12.8 Å². The van der Waals surface area contributed by atoms with Gasteiger partial charge in [0.05, 0.1) is 7.11 Å². The van der Waals surface area contributed by atoms with E-state index in [-0.39, 0.29) is 5.82 Å². The normalized spacial score (nSPS) is 10.4. The van der Waals surface area contributed by atoms with E-state index in [1.54, 1.807) is 23.9 Å². The molecule has 0 saturated heterocycles. The minimum Gasteiger partial charge on any atom is -0.491 e. The molecule has 1 aromatic carbocycles. The standard InChI is InChI=1S/C11H12FN3O/c1-15-9(10(16-2)11(13)14-15)7-3-5-8(12)6-4-7/h3-6H,1-2H3,(H2,13,14). The van der Waals surface area contributed by atoms with Crippen LogP contribution in [0, 0.1) is 5.82 Å². The van der Waals surface area contributed by atoms with Crippen molar-refractivity contribution < 1.29 is 9.13 Å². The lowest BCUT2D eigenvalue weighted by Gasteiger charge is -2.05. The summed E-state index contributed by atoms with van der Waals surface area (Å²) in [4.78, 5) is 0. The number of methoxy groups -OCH3 is 1. The number of nitrogens with two attached hydrogens (primary N) is 1. The summed E-state index contributed by atoms with van der Waals surface area (Å²) in [5.41, 5.74) is 7.24. The molecule has 0 aliphatic carbocycles. The topological polar surface area (TPSA) is 53.1 Å². The molecule has 1 heterocycles. The van der Waals surface area contributed by atoms with Crippen molar-refractivity contribution in [2.45, 2.75) is 0 Å². The van der Waals surface area contributed by atoms with Crippen LogP contribution in [-0.2, 0) is 7.05 Å². The number of aromatic nitrogens is 2. The number of anilines is 1. The number of nitrogens with zero attached hydrogens (tertiary/aromatic N) is 2. The van der Waals surface area contributed by atoms with E-state index < -0.39 is 0 Å². The Morgan fingerprint density at radius 3 is 2.50 bits per heavy atom. The Kier molecular flexibility index (Phi) is 2.52. The second-order valence-electron chi connectivity index (χ2n) is 3.40. The minimum absolute atomic E-state index is 0.280. The number of hydrogen-bond acceptors (Lipinski definition) is 3. The van der Waals surface area contributed by atoms with Crippen molar-refractivity contribution >= 4 is 5.82 Å². The molecule has 2 aromatic rings. The summed E-state index contributed by atoms with van der Waals surface area (Å²) >= 11 is 0. The van der Waals surface area contributed by atoms with Gasteiger partial charge < -0.3 is 10.5 Å². The van der Waals surface area contributed by atoms with Gasteiger partial charge in [-0.05, 0) is 24.3 Å². The number of hydrogen-bond donors (Lipinski definition) is 1. The van der Waals surface area contributed by atoms with Gasteiger partial charge in [0, 0.05) is 12.6 Å². The highest BCUT2D eigenvalue weighted by atomic mass is 19.1. The van der Waals surface area contributed by atoms with Crippen molar-refractivity contribution in [3.05, 3.63) is 30.1 Å². The maximum Gasteiger partial charge on any atom is 0.188 e. The van der Waals surface area contributed by atoms with Gasteiger partial charge in [-0.3, -0.25) is 4.68 Å². The van der Waals surface area contributed by atoms with Gasteiger partial charge in [0.15, 0.2) is 11.6 Å². The fraction of sp³-hybridized carbons (Fsp3) is 0.182. The highest BCUT2D eigenvalue weighted by Gasteiger charge is 2.16. The molecule has 1 aromatic heterocycles. The van der Waals surface area contributed by atoms with Crippen LogP contribution < -0.4 is 10.5 Å². The molecule has 0 aliphatic heterocycles. The van der Waals surface area contributed by atoms with Crippen molar-refractivity contribution in [3.63, 3.8) is 0 Å². The van der Waals surface area contributed by atoms with Crippen LogP contribution in [0.25, 0.3) is 11.3 Å². The van der Waals surface area contributed by atoms with Gasteiger partial charge in [0.2, 0.25) is 0 Å². The average molecular weight is 221 g/mol. The first-order chi connectivity index (χ1) is 7.63. The van der Waals surface area contributed by atoms with Crippen LogP contribution in [-0.4, -0.2) is 16.9 Å². The number of rotatable bonds is 2. The molecule has 0 unspecified atom stereocenters. The molecule has 0 saturated carbocycles. The van der Waals surface area contributed by atoms with Crippen molar-refractivity contribution in [3.8, 4) is 17.0 Å². The molecule has 0 atom stereocenters. The van der Waals surface area contributed by atoms with Crippen LogP contribution in [0.1, 0.15) is 0 Å². The first-order valence-electron chi connectivity index (χ1n) is 4.76. The molecule has 2 rings (SSSR count). The fourth-order valence-electron chi connectivity index (χ4n) is 1.65. The maximum atomic E-state index is 12.8. The van der Waals surface area contributed by atoms with Crippen molar-refractivity contribution in [1.29, 1.82) is 0 Å². The fourth-order valence-corrected chi connectivity index (χ4v) is 1.65. The summed E-state index contributed by atoms with van der Waals surface area (Å²) in [7, 11) is 3.29. The third-order valence-corrected chi connectivity index (χ3v) is 2.35. The van der Waals surface area contributed by atoms with Gasteiger partial charge in [-0.1, -0.05) is 0 Å². The number of ether oxygens (including phenoxy) is 1. The number of nitrogen functional groups attached to an aromatic ring is 1. The maximum absolute atomic E-state index is 12.8. The van der Waals surface area contributed by atoms with Crippen LogP contribution in [0.15, 0.2) is 24.3 Å². The summed E-state index contributed by atoms with van der Waals surface area (Å²) in [5.74, 6) is 0.552. The van der Waals surface area contributed by atoms with E-state index in [0.29, 0.717) is 11.6 Å². The van der Waals surface area contributed by atoms with E-state index >= 15 is 0 Å². The SMILES string of the molecule is COc1c(N)nn(C)c1-c1ccc(F)cc1. The summed E-state index contributed by atoms with van der Waals surface area (Å²) in [6.45, 7) is 0. The molecule has 0 bridgehead atoms. The Bertz CT molecular complexity index is 505. The lowest BCUT2D eigenvalue weighted by molar-refractivity contribution is 0.418. The van der Waals surface area contributed by atoms with Gasteiger partial charge in [0.25, 0.3) is 0 Å². The smallest absolute Gasteiger partial charge is 0.188 e. The molecule has 0 spiro atoms. The van der Waals surface area contributed by atoms with Crippen LogP contribution in [0.4, 0.5) is 10.2 Å². The predicted octanol–water partition coefficient (Wildman–Crippen LogP) is 1.82. The molecular formula is C11H12FN3O. The van der Waals surface area contributed by atoms with Crippen molar-refractivity contribution in [2.24, 2.45) is 7.05 Å². The van der Waals surface area contributed by atoms with Gasteiger partial charge in [-0.25, -0.2) is 4.39 Å². The Morgan fingerprint density at radius 2 is 1.94 bits per heavy atom. The minimum atomic E-state index is -0.280. The summed E-state index contributed by atoms with van der Waals surface area (Å²) in [6.07, 6.45) is 0.